The van der Waals surface area contributed by atoms with Crippen LogP contribution in [0.5, 0.6) is 11.5 Å². The molecule has 0 unspecified atom stereocenters. The molecule has 6 nitrogen and oxygen atoms in total. The topological polar surface area (TPSA) is 89.9 Å². The van der Waals surface area contributed by atoms with Crippen LogP contribution in [-0.4, -0.2) is 29.9 Å². The molecule has 26 heavy (non-hydrogen) atoms. The minimum Gasteiger partial charge on any atom is -0.496 e. The molecule has 134 valence electrons. The van der Waals surface area contributed by atoms with Crippen LogP contribution in [0.4, 0.5) is 0 Å². The normalized spacial score (nSPS) is 10.5. The maximum atomic E-state index is 12.4. The summed E-state index contributed by atoms with van der Waals surface area (Å²) in [5.41, 5.74) is 1.48. The number of rotatable bonds is 7. The maximum absolute atomic E-state index is 12.4. The molecule has 2 rings (SSSR count). The van der Waals surface area contributed by atoms with Gasteiger partial charge in [0.15, 0.2) is 5.78 Å². The van der Waals surface area contributed by atoms with Gasteiger partial charge in [-0.2, -0.15) is 0 Å². The second kappa shape index (κ2) is 8.62. The minimum absolute atomic E-state index is 0.116. The van der Waals surface area contributed by atoms with Gasteiger partial charge in [0, 0.05) is 12.5 Å². The van der Waals surface area contributed by atoms with Gasteiger partial charge in [-0.15, -0.1) is 0 Å². The van der Waals surface area contributed by atoms with Gasteiger partial charge >= 0.3 is 11.9 Å². The first-order valence-electron chi connectivity index (χ1n) is 7.79. The van der Waals surface area contributed by atoms with Gasteiger partial charge in [-0.3, -0.25) is 14.4 Å². The van der Waals surface area contributed by atoms with Crippen molar-refractivity contribution in [2.24, 2.45) is 0 Å². The Morgan fingerprint density at radius 1 is 1.08 bits per heavy atom. The molecule has 2 aromatic rings. The maximum Gasteiger partial charge on any atom is 0.308 e. The van der Waals surface area contributed by atoms with Gasteiger partial charge in [-0.25, -0.2) is 0 Å². The molecule has 0 aliphatic carbocycles. The van der Waals surface area contributed by atoms with E-state index >= 15 is 0 Å². The molecule has 0 amide bonds. The predicted octanol–water partition coefficient (Wildman–Crippen LogP) is 3.14. The zero-order chi connectivity index (χ0) is 19.1. The third kappa shape index (κ3) is 5.04. The van der Waals surface area contributed by atoms with Crippen molar-refractivity contribution in [3.63, 3.8) is 0 Å². The highest BCUT2D eigenvalue weighted by atomic mass is 16.5. The predicted molar refractivity (Wildman–Crippen MR) is 95.4 cm³/mol. The number of ether oxygens (including phenoxy) is 2. The number of ketones is 1. The SMILES string of the molecule is COc1cc(CC(=O)O)ccc1C=CC(=O)c1ccccc1OC(C)=O. The van der Waals surface area contributed by atoms with Crippen molar-refractivity contribution < 1.29 is 29.0 Å². The molecule has 0 radical (unpaired) electrons. The van der Waals surface area contributed by atoms with Crippen molar-refractivity contribution in [3.05, 3.63) is 65.2 Å². The number of carbonyl (C=O) groups excluding carboxylic acids is 2. The van der Waals surface area contributed by atoms with Gasteiger partial charge in [-0.05, 0) is 35.9 Å². The van der Waals surface area contributed by atoms with Crippen LogP contribution in [0.25, 0.3) is 6.08 Å². The lowest BCUT2D eigenvalue weighted by Gasteiger charge is -2.08. The van der Waals surface area contributed by atoms with E-state index in [1.54, 1.807) is 48.5 Å². The van der Waals surface area contributed by atoms with Crippen molar-refractivity contribution in [2.75, 3.05) is 7.11 Å². The molecule has 0 aromatic heterocycles. The van der Waals surface area contributed by atoms with Gasteiger partial charge in [0.2, 0.25) is 0 Å². The Kier molecular flexibility index (Phi) is 6.27. The number of para-hydroxylation sites is 1. The van der Waals surface area contributed by atoms with Crippen LogP contribution in [0.15, 0.2) is 48.5 Å². The number of benzene rings is 2. The van der Waals surface area contributed by atoms with Crippen molar-refractivity contribution in [2.45, 2.75) is 13.3 Å². The van der Waals surface area contributed by atoms with E-state index in [1.807, 2.05) is 0 Å². The molecular formula is C20H18O6. The Labute approximate surface area is 150 Å². The first-order chi connectivity index (χ1) is 12.4. The van der Waals surface area contributed by atoms with Crippen LogP contribution in [0.1, 0.15) is 28.4 Å². The summed E-state index contributed by atoms with van der Waals surface area (Å²) >= 11 is 0. The number of carbonyl (C=O) groups is 3. The summed E-state index contributed by atoms with van der Waals surface area (Å²) in [4.78, 5) is 34.4. The molecule has 0 spiro atoms. The van der Waals surface area contributed by atoms with Crippen LogP contribution < -0.4 is 9.47 Å². The van der Waals surface area contributed by atoms with Gasteiger partial charge in [0.05, 0.1) is 19.1 Å². The molecule has 0 aliphatic rings. The Balaban J connectivity index is 2.25. The number of allylic oxidation sites excluding steroid dienone is 1. The average molecular weight is 354 g/mol. The summed E-state index contributed by atoms with van der Waals surface area (Å²) in [6.45, 7) is 1.26. The Bertz CT molecular complexity index is 866. The summed E-state index contributed by atoms with van der Waals surface area (Å²) in [7, 11) is 1.47. The molecule has 0 atom stereocenters. The van der Waals surface area contributed by atoms with E-state index in [2.05, 4.69) is 0 Å². The lowest BCUT2D eigenvalue weighted by atomic mass is 10.1. The molecule has 0 heterocycles. The molecule has 0 aliphatic heterocycles. The first-order valence-corrected chi connectivity index (χ1v) is 7.79. The highest BCUT2D eigenvalue weighted by Gasteiger charge is 2.12. The second-order valence-electron chi connectivity index (χ2n) is 5.43. The van der Waals surface area contributed by atoms with E-state index in [0.717, 1.165) is 0 Å². The van der Waals surface area contributed by atoms with Crippen molar-refractivity contribution in [1.82, 2.24) is 0 Å². The summed E-state index contributed by atoms with van der Waals surface area (Å²) in [6.07, 6.45) is 2.79. The van der Waals surface area contributed by atoms with E-state index in [4.69, 9.17) is 14.6 Å². The zero-order valence-corrected chi connectivity index (χ0v) is 14.4. The number of methoxy groups -OCH3 is 1. The number of aliphatic carboxylic acids is 1. The fourth-order valence-electron chi connectivity index (χ4n) is 2.35. The number of esters is 1. The molecular weight excluding hydrogens is 336 g/mol. The van der Waals surface area contributed by atoms with Gasteiger partial charge in [-0.1, -0.05) is 24.3 Å². The molecule has 2 aromatic carbocycles. The van der Waals surface area contributed by atoms with Gasteiger partial charge in [0.1, 0.15) is 11.5 Å². The summed E-state index contributed by atoms with van der Waals surface area (Å²) in [5.74, 6) is -1.13. The van der Waals surface area contributed by atoms with E-state index in [0.29, 0.717) is 16.9 Å². The van der Waals surface area contributed by atoms with Crippen molar-refractivity contribution in [1.29, 1.82) is 0 Å². The third-order valence-electron chi connectivity index (χ3n) is 3.47. The van der Waals surface area contributed by atoms with Crippen LogP contribution in [0.2, 0.25) is 0 Å². The smallest absolute Gasteiger partial charge is 0.308 e. The molecule has 0 fully saturated rings. The standard InChI is InChI=1S/C20H18O6/c1-13(21)26-18-6-4-3-5-16(18)17(22)10-9-15-8-7-14(12-20(23)24)11-19(15)25-2/h3-11H,12H2,1-2H3,(H,23,24). The van der Waals surface area contributed by atoms with Crippen molar-refractivity contribution in [3.8, 4) is 11.5 Å². The lowest BCUT2D eigenvalue weighted by Crippen LogP contribution is -2.06. The number of hydrogen-bond donors (Lipinski definition) is 1. The Hall–Kier alpha value is -3.41. The summed E-state index contributed by atoms with van der Waals surface area (Å²) in [5, 5.41) is 8.86. The van der Waals surface area contributed by atoms with Crippen molar-refractivity contribution >= 4 is 23.8 Å². The zero-order valence-electron chi connectivity index (χ0n) is 14.4. The molecule has 0 saturated heterocycles. The number of carboxylic acid groups (broad SMARTS) is 1. The summed E-state index contributed by atoms with van der Waals surface area (Å²) in [6, 6.07) is 11.4. The monoisotopic (exact) mass is 354 g/mol. The van der Waals surface area contributed by atoms with E-state index in [1.165, 1.54) is 20.1 Å². The number of hydrogen-bond acceptors (Lipinski definition) is 5. The second-order valence-corrected chi connectivity index (χ2v) is 5.43. The van der Waals surface area contributed by atoms with Gasteiger partial charge in [0.25, 0.3) is 0 Å². The van der Waals surface area contributed by atoms with Crippen LogP contribution in [0.3, 0.4) is 0 Å². The molecule has 0 bridgehead atoms. The molecule has 0 saturated carbocycles. The Morgan fingerprint density at radius 2 is 1.81 bits per heavy atom. The third-order valence-corrected chi connectivity index (χ3v) is 3.47. The van der Waals surface area contributed by atoms with E-state index in [9.17, 15) is 14.4 Å². The average Bonchev–Trinajstić information content (AvgIpc) is 2.59. The lowest BCUT2D eigenvalue weighted by molar-refractivity contribution is -0.136. The first kappa shape index (κ1) is 18.9. The quantitative estimate of drug-likeness (QED) is 0.356. The van der Waals surface area contributed by atoms with Crippen LogP contribution >= 0.6 is 0 Å². The fourth-order valence-corrected chi connectivity index (χ4v) is 2.35. The minimum atomic E-state index is -0.937. The highest BCUT2D eigenvalue weighted by Crippen LogP contribution is 2.24. The van der Waals surface area contributed by atoms with Gasteiger partial charge < -0.3 is 14.6 Å². The van der Waals surface area contributed by atoms with E-state index in [-0.39, 0.29) is 23.5 Å². The van der Waals surface area contributed by atoms with Crippen LogP contribution in [-0.2, 0) is 16.0 Å². The molecule has 1 N–H and O–H groups in total. The fraction of sp³-hybridized carbons (Fsp3) is 0.150. The molecule has 6 heteroatoms. The number of carboxylic acids is 1. The Morgan fingerprint density at radius 3 is 2.46 bits per heavy atom. The van der Waals surface area contributed by atoms with E-state index < -0.39 is 11.9 Å². The van der Waals surface area contributed by atoms with Crippen LogP contribution in [0, 0.1) is 0 Å². The highest BCUT2D eigenvalue weighted by molar-refractivity contribution is 6.09. The summed E-state index contributed by atoms with van der Waals surface area (Å²) < 4.78 is 10.3. The largest absolute Gasteiger partial charge is 0.496 e.